The number of rotatable bonds is 4. The second-order valence-corrected chi connectivity index (χ2v) is 6.29. The van der Waals surface area contributed by atoms with Crippen LogP contribution in [0.5, 0.6) is 11.5 Å². The van der Waals surface area contributed by atoms with E-state index >= 15 is 0 Å². The normalized spacial score (nSPS) is 20.7. The minimum atomic E-state index is 0.371. The maximum atomic E-state index is 5.84. The van der Waals surface area contributed by atoms with E-state index in [1.54, 1.807) is 0 Å². The molecule has 1 atom stereocenters. The largest absolute Gasteiger partial charge is 0.490 e. The van der Waals surface area contributed by atoms with E-state index in [1.807, 2.05) is 0 Å². The van der Waals surface area contributed by atoms with E-state index in [4.69, 9.17) is 9.47 Å². The summed E-state index contributed by atoms with van der Waals surface area (Å²) < 4.78 is 11.6. The molecule has 0 radical (unpaired) electrons. The lowest BCUT2D eigenvalue weighted by Gasteiger charge is -2.34. The zero-order valence-corrected chi connectivity index (χ0v) is 13.7. The molecule has 1 aromatic rings. The molecule has 22 heavy (non-hydrogen) atoms. The van der Waals surface area contributed by atoms with Gasteiger partial charge in [0, 0.05) is 45.2 Å². The first kappa shape index (κ1) is 15.6. The van der Waals surface area contributed by atoms with E-state index < -0.39 is 0 Å². The summed E-state index contributed by atoms with van der Waals surface area (Å²) in [4.78, 5) is 4.82. The van der Waals surface area contributed by atoms with E-state index in [0.717, 1.165) is 63.9 Å². The van der Waals surface area contributed by atoms with Crippen molar-refractivity contribution in [3.8, 4) is 11.5 Å². The van der Waals surface area contributed by atoms with Gasteiger partial charge in [-0.05, 0) is 31.8 Å². The second-order valence-electron chi connectivity index (χ2n) is 6.29. The fourth-order valence-electron chi connectivity index (χ4n) is 3.09. The lowest BCUT2D eigenvalue weighted by molar-refractivity contribution is 0.168. The van der Waals surface area contributed by atoms with Crippen LogP contribution in [0.15, 0.2) is 18.2 Å². The molecule has 0 bridgehead atoms. The Morgan fingerprint density at radius 1 is 1.14 bits per heavy atom. The third-order valence-corrected chi connectivity index (χ3v) is 4.42. The van der Waals surface area contributed by atoms with E-state index in [0.29, 0.717) is 6.04 Å². The summed E-state index contributed by atoms with van der Waals surface area (Å²) in [7, 11) is 4.30. The third-order valence-electron chi connectivity index (χ3n) is 4.42. The molecule has 0 amide bonds. The molecule has 1 aromatic carbocycles. The molecular formula is C17H27N3O2. The minimum Gasteiger partial charge on any atom is -0.490 e. The molecule has 3 rings (SSSR count). The first-order valence-corrected chi connectivity index (χ1v) is 8.23. The average molecular weight is 305 g/mol. The minimum absolute atomic E-state index is 0.371. The van der Waals surface area contributed by atoms with Crippen molar-refractivity contribution in [1.82, 2.24) is 15.1 Å². The topological polar surface area (TPSA) is 37.0 Å². The smallest absolute Gasteiger partial charge is 0.161 e. The first-order chi connectivity index (χ1) is 10.7. The van der Waals surface area contributed by atoms with Gasteiger partial charge < -0.3 is 19.7 Å². The van der Waals surface area contributed by atoms with E-state index in [-0.39, 0.29) is 0 Å². The summed E-state index contributed by atoms with van der Waals surface area (Å²) in [5.74, 6) is 1.77. The molecule has 0 aliphatic carbocycles. The molecule has 0 saturated carbocycles. The molecule has 2 heterocycles. The van der Waals surface area contributed by atoms with Gasteiger partial charge in [-0.2, -0.15) is 0 Å². The number of nitrogens with zero attached hydrogens (tertiary/aromatic N) is 2. The SMILES string of the molecule is CN(C)C(CN1CCNCC1)c1ccc2c(c1)OCCCO2. The fraction of sp³-hybridized carbons (Fsp3) is 0.647. The van der Waals surface area contributed by atoms with Gasteiger partial charge >= 0.3 is 0 Å². The highest BCUT2D eigenvalue weighted by Gasteiger charge is 2.21. The quantitative estimate of drug-likeness (QED) is 0.909. The monoisotopic (exact) mass is 305 g/mol. The Balaban J connectivity index is 1.77. The van der Waals surface area contributed by atoms with Crippen molar-refractivity contribution >= 4 is 0 Å². The highest BCUT2D eigenvalue weighted by atomic mass is 16.5. The molecule has 122 valence electrons. The van der Waals surface area contributed by atoms with Crippen molar-refractivity contribution in [2.24, 2.45) is 0 Å². The van der Waals surface area contributed by atoms with Crippen LogP contribution < -0.4 is 14.8 Å². The van der Waals surface area contributed by atoms with Crippen molar-refractivity contribution in [2.75, 3.05) is 60.0 Å². The molecule has 2 aliphatic rings. The average Bonchev–Trinajstić information content (AvgIpc) is 2.78. The van der Waals surface area contributed by atoms with Gasteiger partial charge in [-0.15, -0.1) is 0 Å². The molecule has 1 fully saturated rings. The highest BCUT2D eigenvalue weighted by molar-refractivity contribution is 5.44. The van der Waals surface area contributed by atoms with Crippen molar-refractivity contribution < 1.29 is 9.47 Å². The Morgan fingerprint density at radius 3 is 2.59 bits per heavy atom. The molecule has 1 unspecified atom stereocenters. The molecule has 5 heteroatoms. The number of piperazine rings is 1. The van der Waals surface area contributed by atoms with Gasteiger partial charge in [0.05, 0.1) is 13.2 Å². The van der Waals surface area contributed by atoms with Crippen molar-refractivity contribution in [2.45, 2.75) is 12.5 Å². The molecule has 1 saturated heterocycles. The number of fused-ring (bicyclic) bond motifs is 1. The van der Waals surface area contributed by atoms with E-state index in [2.05, 4.69) is 47.4 Å². The highest BCUT2D eigenvalue weighted by Crippen LogP contribution is 2.33. The summed E-state index contributed by atoms with van der Waals surface area (Å²) >= 11 is 0. The standard InChI is InChI=1S/C17H27N3O2/c1-19(2)15(13-20-8-6-18-7-9-20)14-4-5-16-17(12-14)22-11-3-10-21-16/h4-5,12,15,18H,3,6-11,13H2,1-2H3. The summed E-state index contributed by atoms with van der Waals surface area (Å²) in [6.07, 6.45) is 0.946. The lowest BCUT2D eigenvalue weighted by Crippen LogP contribution is -2.46. The van der Waals surface area contributed by atoms with Crippen LogP contribution in [0.3, 0.4) is 0 Å². The number of ether oxygens (including phenoxy) is 2. The van der Waals surface area contributed by atoms with Crippen LogP contribution in [0.1, 0.15) is 18.0 Å². The summed E-state index contributed by atoms with van der Waals surface area (Å²) in [6, 6.07) is 6.77. The summed E-state index contributed by atoms with van der Waals surface area (Å²) in [6.45, 7) is 6.94. The van der Waals surface area contributed by atoms with Crippen LogP contribution in [-0.2, 0) is 0 Å². The van der Waals surface area contributed by atoms with Gasteiger partial charge in [-0.25, -0.2) is 0 Å². The van der Waals surface area contributed by atoms with Crippen molar-refractivity contribution in [3.05, 3.63) is 23.8 Å². The zero-order chi connectivity index (χ0) is 15.4. The number of benzene rings is 1. The predicted octanol–water partition coefficient (Wildman–Crippen LogP) is 1.36. The molecule has 0 spiro atoms. The molecule has 0 aromatic heterocycles. The molecule has 2 aliphatic heterocycles. The molecule has 5 nitrogen and oxygen atoms in total. The Labute approximate surface area is 133 Å². The number of hydrogen-bond donors (Lipinski definition) is 1. The van der Waals surface area contributed by atoms with Gasteiger partial charge in [0.1, 0.15) is 0 Å². The third kappa shape index (κ3) is 3.72. The zero-order valence-electron chi connectivity index (χ0n) is 13.7. The van der Waals surface area contributed by atoms with Crippen molar-refractivity contribution in [3.63, 3.8) is 0 Å². The number of hydrogen-bond acceptors (Lipinski definition) is 5. The number of nitrogens with one attached hydrogen (secondary N) is 1. The summed E-state index contributed by atoms with van der Waals surface area (Å²) in [5.41, 5.74) is 1.30. The van der Waals surface area contributed by atoms with Gasteiger partial charge in [0.25, 0.3) is 0 Å². The first-order valence-electron chi connectivity index (χ1n) is 8.23. The molecular weight excluding hydrogens is 278 g/mol. The number of likely N-dealkylation sites (N-methyl/N-ethyl adjacent to an activating group) is 1. The van der Waals surface area contributed by atoms with Crippen LogP contribution in [0, 0.1) is 0 Å². The Hall–Kier alpha value is -1.30. The van der Waals surface area contributed by atoms with Crippen LogP contribution >= 0.6 is 0 Å². The van der Waals surface area contributed by atoms with Crippen LogP contribution in [0.4, 0.5) is 0 Å². The Kier molecular flexibility index (Phi) is 5.18. The van der Waals surface area contributed by atoms with E-state index in [1.165, 1.54) is 5.56 Å². The summed E-state index contributed by atoms with van der Waals surface area (Å²) in [5, 5.41) is 3.41. The van der Waals surface area contributed by atoms with Gasteiger partial charge in [0.2, 0.25) is 0 Å². The van der Waals surface area contributed by atoms with Gasteiger partial charge in [0.15, 0.2) is 11.5 Å². The fourth-order valence-corrected chi connectivity index (χ4v) is 3.09. The van der Waals surface area contributed by atoms with Crippen LogP contribution in [0.25, 0.3) is 0 Å². The Morgan fingerprint density at radius 2 is 1.86 bits per heavy atom. The predicted molar refractivity (Wildman–Crippen MR) is 87.8 cm³/mol. The van der Waals surface area contributed by atoms with Gasteiger partial charge in [-0.3, -0.25) is 4.90 Å². The van der Waals surface area contributed by atoms with Crippen LogP contribution in [-0.4, -0.2) is 69.8 Å². The maximum Gasteiger partial charge on any atom is 0.161 e. The maximum absolute atomic E-state index is 5.84. The molecule has 1 N–H and O–H groups in total. The lowest BCUT2D eigenvalue weighted by atomic mass is 10.0. The van der Waals surface area contributed by atoms with E-state index in [9.17, 15) is 0 Å². The van der Waals surface area contributed by atoms with Gasteiger partial charge in [-0.1, -0.05) is 6.07 Å². The Bertz CT molecular complexity index is 487. The van der Waals surface area contributed by atoms with Crippen LogP contribution in [0.2, 0.25) is 0 Å². The van der Waals surface area contributed by atoms with Crippen molar-refractivity contribution in [1.29, 1.82) is 0 Å². The second kappa shape index (κ2) is 7.31.